The first-order valence-corrected chi connectivity index (χ1v) is 37.3. The number of carbonyl (C=O) groups is 3. The van der Waals surface area contributed by atoms with Gasteiger partial charge in [0.15, 0.2) is 6.10 Å². The molecule has 0 aromatic rings. The van der Waals surface area contributed by atoms with E-state index in [9.17, 15) is 14.4 Å². The molecule has 82 heavy (non-hydrogen) atoms. The summed E-state index contributed by atoms with van der Waals surface area (Å²) in [5, 5.41) is 0. The molecule has 6 nitrogen and oxygen atoms in total. The second kappa shape index (κ2) is 71.4. The number of allylic oxidation sites excluding steroid dienone is 4. The van der Waals surface area contributed by atoms with Crippen LogP contribution in [-0.4, -0.2) is 37.2 Å². The summed E-state index contributed by atoms with van der Waals surface area (Å²) in [5.41, 5.74) is 0. The zero-order valence-electron chi connectivity index (χ0n) is 55.8. The average molecular weight is 1150 g/mol. The van der Waals surface area contributed by atoms with Crippen LogP contribution in [0.15, 0.2) is 24.3 Å². The Bertz CT molecular complexity index is 1320. The van der Waals surface area contributed by atoms with Crippen LogP contribution in [0, 0.1) is 0 Å². The summed E-state index contributed by atoms with van der Waals surface area (Å²) in [7, 11) is 0. The fraction of sp³-hybridized carbons (Fsp3) is 0.908. The molecule has 0 aliphatic heterocycles. The highest BCUT2D eigenvalue weighted by atomic mass is 16.6. The van der Waals surface area contributed by atoms with E-state index in [0.29, 0.717) is 19.3 Å². The zero-order chi connectivity index (χ0) is 59.2. The molecule has 0 amide bonds. The summed E-state index contributed by atoms with van der Waals surface area (Å²) < 4.78 is 17.0. The Hall–Kier alpha value is -2.11. The second-order valence-electron chi connectivity index (χ2n) is 25.6. The molecule has 0 spiro atoms. The molecule has 0 bridgehead atoms. The van der Waals surface area contributed by atoms with E-state index < -0.39 is 6.10 Å². The van der Waals surface area contributed by atoms with Crippen LogP contribution in [0.3, 0.4) is 0 Å². The summed E-state index contributed by atoms with van der Waals surface area (Å²) in [5.74, 6) is -0.841. The van der Waals surface area contributed by atoms with Crippen molar-refractivity contribution in [2.24, 2.45) is 0 Å². The first-order valence-electron chi connectivity index (χ1n) is 37.3. The third-order valence-corrected chi connectivity index (χ3v) is 17.2. The molecule has 484 valence electrons. The van der Waals surface area contributed by atoms with Gasteiger partial charge in [-0.2, -0.15) is 0 Å². The number of esters is 3. The molecule has 0 aromatic heterocycles. The number of hydrogen-bond acceptors (Lipinski definition) is 6. The highest BCUT2D eigenvalue weighted by Crippen LogP contribution is 2.19. The topological polar surface area (TPSA) is 78.9 Å². The number of hydrogen-bond donors (Lipinski definition) is 0. The Labute approximate surface area is 513 Å². The predicted octanol–water partition coefficient (Wildman–Crippen LogP) is 25.7. The van der Waals surface area contributed by atoms with Crippen molar-refractivity contribution < 1.29 is 28.6 Å². The summed E-state index contributed by atoms with van der Waals surface area (Å²) in [6.07, 6.45) is 87.9. The van der Waals surface area contributed by atoms with Crippen LogP contribution >= 0.6 is 0 Å². The van der Waals surface area contributed by atoms with Gasteiger partial charge in [-0.25, -0.2) is 0 Å². The molecule has 1 atom stereocenters. The van der Waals surface area contributed by atoms with Gasteiger partial charge in [0.25, 0.3) is 0 Å². The quantitative estimate of drug-likeness (QED) is 0.0261. The molecule has 0 radical (unpaired) electrons. The Balaban J connectivity index is 4.23. The predicted molar refractivity (Wildman–Crippen MR) is 358 cm³/mol. The largest absolute Gasteiger partial charge is 0.462 e. The molecular formula is C76H144O6. The highest BCUT2D eigenvalue weighted by Gasteiger charge is 2.20. The van der Waals surface area contributed by atoms with E-state index in [4.69, 9.17) is 14.2 Å². The van der Waals surface area contributed by atoms with E-state index in [1.807, 2.05) is 0 Å². The third kappa shape index (κ3) is 68.7. The van der Waals surface area contributed by atoms with E-state index in [2.05, 4.69) is 45.1 Å². The molecule has 0 saturated carbocycles. The summed E-state index contributed by atoms with van der Waals surface area (Å²) in [6, 6.07) is 0. The molecule has 0 aliphatic carbocycles. The van der Waals surface area contributed by atoms with Crippen molar-refractivity contribution >= 4 is 17.9 Å². The first-order chi connectivity index (χ1) is 40.5. The van der Waals surface area contributed by atoms with Gasteiger partial charge in [-0.05, 0) is 70.6 Å². The van der Waals surface area contributed by atoms with Crippen LogP contribution in [0.5, 0.6) is 0 Å². The van der Waals surface area contributed by atoms with Gasteiger partial charge in [-0.15, -0.1) is 0 Å². The number of rotatable bonds is 70. The van der Waals surface area contributed by atoms with Crippen molar-refractivity contribution in [2.45, 2.75) is 431 Å². The number of carbonyl (C=O) groups excluding carboxylic acids is 3. The van der Waals surface area contributed by atoms with Crippen LogP contribution in [0.4, 0.5) is 0 Å². The minimum Gasteiger partial charge on any atom is -0.462 e. The monoisotopic (exact) mass is 1150 g/mol. The van der Waals surface area contributed by atoms with Gasteiger partial charge in [0, 0.05) is 19.3 Å². The molecule has 6 heteroatoms. The van der Waals surface area contributed by atoms with Crippen molar-refractivity contribution in [3.05, 3.63) is 24.3 Å². The molecule has 0 aliphatic rings. The van der Waals surface area contributed by atoms with Gasteiger partial charge >= 0.3 is 17.9 Å². The fourth-order valence-corrected chi connectivity index (χ4v) is 11.6. The SMILES string of the molecule is CCCCCCCC/C=C\CCCCCCCC(=O)OCC(COC(=O)CCCCCCCCCCCCCCCCC/C=C\CCCCCCCCCC)OC(=O)CCCCCCCCCCCCCCCCCCCCCCCC. The molecule has 0 fully saturated rings. The van der Waals surface area contributed by atoms with Crippen LogP contribution in [0.2, 0.25) is 0 Å². The van der Waals surface area contributed by atoms with E-state index in [0.717, 1.165) is 64.2 Å². The molecule has 0 rings (SSSR count). The van der Waals surface area contributed by atoms with Gasteiger partial charge < -0.3 is 14.2 Å². The Morgan fingerprint density at radius 2 is 0.402 bits per heavy atom. The van der Waals surface area contributed by atoms with Crippen molar-refractivity contribution in [3.8, 4) is 0 Å². The normalized spacial score (nSPS) is 12.1. The summed E-state index contributed by atoms with van der Waals surface area (Å²) in [6.45, 7) is 6.72. The fourth-order valence-electron chi connectivity index (χ4n) is 11.6. The van der Waals surface area contributed by atoms with E-state index in [1.54, 1.807) is 0 Å². The van der Waals surface area contributed by atoms with Crippen molar-refractivity contribution in [2.75, 3.05) is 13.2 Å². The molecule has 0 aromatic carbocycles. The van der Waals surface area contributed by atoms with Gasteiger partial charge in [0.1, 0.15) is 13.2 Å². The Morgan fingerprint density at radius 1 is 0.232 bits per heavy atom. The Kier molecular flexibility index (Phi) is 69.5. The molecule has 0 N–H and O–H groups in total. The third-order valence-electron chi connectivity index (χ3n) is 17.2. The van der Waals surface area contributed by atoms with Crippen molar-refractivity contribution in [1.82, 2.24) is 0 Å². The molecule has 0 heterocycles. The number of unbranched alkanes of at least 4 members (excludes halogenated alkanes) is 55. The van der Waals surface area contributed by atoms with Crippen molar-refractivity contribution in [1.29, 1.82) is 0 Å². The maximum Gasteiger partial charge on any atom is 0.306 e. The van der Waals surface area contributed by atoms with E-state index in [-0.39, 0.29) is 31.1 Å². The summed E-state index contributed by atoms with van der Waals surface area (Å²) in [4.78, 5) is 38.5. The highest BCUT2D eigenvalue weighted by molar-refractivity contribution is 5.71. The number of ether oxygens (including phenoxy) is 3. The van der Waals surface area contributed by atoms with Gasteiger partial charge in [-0.1, -0.05) is 360 Å². The lowest BCUT2D eigenvalue weighted by Gasteiger charge is -2.18. The first kappa shape index (κ1) is 79.9. The van der Waals surface area contributed by atoms with Crippen LogP contribution in [-0.2, 0) is 28.6 Å². The smallest absolute Gasteiger partial charge is 0.306 e. The van der Waals surface area contributed by atoms with Crippen LogP contribution < -0.4 is 0 Å². The maximum atomic E-state index is 13.0. The Morgan fingerprint density at radius 3 is 0.610 bits per heavy atom. The second-order valence-corrected chi connectivity index (χ2v) is 25.6. The molecule has 0 saturated heterocycles. The minimum absolute atomic E-state index is 0.0675. The van der Waals surface area contributed by atoms with Gasteiger partial charge in [0.05, 0.1) is 0 Å². The lowest BCUT2D eigenvalue weighted by Crippen LogP contribution is -2.30. The lowest BCUT2D eigenvalue weighted by atomic mass is 10.0. The molecular weight excluding hydrogens is 1010 g/mol. The van der Waals surface area contributed by atoms with Crippen molar-refractivity contribution in [3.63, 3.8) is 0 Å². The standard InChI is InChI=1S/C76H144O6/c1-4-7-10-13-16-19-22-25-28-30-32-34-36-37-38-39-40-42-43-45-48-51-54-57-60-63-66-69-75(78)81-72-73(71-80-74(77)68-65-62-59-56-53-50-47-27-24-21-18-15-12-9-6-3)82-76(79)70-67-64-61-58-55-52-49-46-44-41-35-33-31-29-26-23-20-17-14-11-8-5-2/h27,30,32,47,73H,4-26,28-29,31,33-46,48-72H2,1-3H3/b32-30-,47-27-. The maximum absolute atomic E-state index is 13.0. The molecule has 1 unspecified atom stereocenters. The van der Waals surface area contributed by atoms with Crippen LogP contribution in [0.1, 0.15) is 425 Å². The van der Waals surface area contributed by atoms with Gasteiger partial charge in [0.2, 0.25) is 0 Å². The lowest BCUT2D eigenvalue weighted by molar-refractivity contribution is -0.167. The van der Waals surface area contributed by atoms with E-state index in [1.165, 1.54) is 321 Å². The van der Waals surface area contributed by atoms with Gasteiger partial charge in [-0.3, -0.25) is 14.4 Å². The zero-order valence-corrected chi connectivity index (χ0v) is 55.8. The van der Waals surface area contributed by atoms with Crippen LogP contribution in [0.25, 0.3) is 0 Å². The summed E-state index contributed by atoms with van der Waals surface area (Å²) >= 11 is 0. The average Bonchev–Trinajstić information content (AvgIpc) is 3.48. The minimum atomic E-state index is -0.772. The van der Waals surface area contributed by atoms with E-state index >= 15 is 0 Å².